The highest BCUT2D eigenvalue weighted by atomic mass is 32.2. The summed E-state index contributed by atoms with van der Waals surface area (Å²) in [5, 5.41) is 13.2. The van der Waals surface area contributed by atoms with Crippen molar-refractivity contribution in [2.75, 3.05) is 12.8 Å². The molecule has 0 aliphatic rings. The molecule has 2 aromatic heterocycles. The van der Waals surface area contributed by atoms with Gasteiger partial charge in [-0.15, -0.1) is 11.8 Å². The average Bonchev–Trinajstić information content (AvgIpc) is 2.98. The topological polar surface area (TPSA) is 75.4 Å². The van der Waals surface area contributed by atoms with Crippen molar-refractivity contribution in [1.29, 1.82) is 0 Å². The summed E-state index contributed by atoms with van der Waals surface area (Å²) in [5.74, 6) is -0.250. The molecule has 6 heteroatoms. The van der Waals surface area contributed by atoms with Crippen LogP contribution in [0.3, 0.4) is 0 Å². The number of amides is 1. The summed E-state index contributed by atoms with van der Waals surface area (Å²) in [5.41, 5.74) is 1.14. The Kier molecular flexibility index (Phi) is 4.59. The number of aliphatic hydroxyl groups is 1. The molecule has 0 unspecified atom stereocenters. The second kappa shape index (κ2) is 6.40. The van der Waals surface area contributed by atoms with E-state index in [1.54, 1.807) is 24.4 Å². The van der Waals surface area contributed by atoms with Gasteiger partial charge in [0.2, 0.25) is 0 Å². The highest BCUT2D eigenvalue weighted by Gasteiger charge is 2.14. The summed E-state index contributed by atoms with van der Waals surface area (Å²) in [6.45, 7) is 0.126. The number of rotatable bonds is 5. The minimum absolute atomic E-state index is 0.126. The number of nitrogens with zero attached hydrogens (tertiary/aromatic N) is 1. The van der Waals surface area contributed by atoms with Gasteiger partial charge in [0.1, 0.15) is 5.03 Å². The smallest absolute Gasteiger partial charge is 0.254 e. The predicted octanol–water partition coefficient (Wildman–Crippen LogP) is 1.86. The van der Waals surface area contributed by atoms with Crippen molar-refractivity contribution >= 4 is 17.7 Å². The monoisotopic (exact) mass is 278 g/mol. The Morgan fingerprint density at radius 3 is 3.11 bits per heavy atom. The lowest BCUT2D eigenvalue weighted by molar-refractivity contribution is 0.0912. The molecule has 0 bridgehead atoms. The maximum absolute atomic E-state index is 12.0. The number of nitrogens with one attached hydrogen (secondary N) is 1. The van der Waals surface area contributed by atoms with Gasteiger partial charge >= 0.3 is 0 Å². The molecule has 100 valence electrons. The summed E-state index contributed by atoms with van der Waals surface area (Å²) in [7, 11) is 0. The number of furan rings is 1. The third-order valence-electron chi connectivity index (χ3n) is 2.59. The van der Waals surface area contributed by atoms with E-state index in [0.29, 0.717) is 16.2 Å². The van der Waals surface area contributed by atoms with E-state index in [1.165, 1.54) is 24.3 Å². The lowest BCUT2D eigenvalue weighted by Crippen LogP contribution is -2.28. The van der Waals surface area contributed by atoms with Crippen LogP contribution in [0.2, 0.25) is 0 Å². The normalized spacial score (nSPS) is 12.1. The fourth-order valence-corrected chi connectivity index (χ4v) is 2.14. The van der Waals surface area contributed by atoms with E-state index < -0.39 is 6.10 Å². The Balaban J connectivity index is 1.98. The van der Waals surface area contributed by atoms with Gasteiger partial charge in [-0.1, -0.05) is 0 Å². The van der Waals surface area contributed by atoms with Gasteiger partial charge in [-0.2, -0.15) is 0 Å². The van der Waals surface area contributed by atoms with Crippen LogP contribution in [0, 0.1) is 0 Å². The van der Waals surface area contributed by atoms with E-state index in [-0.39, 0.29) is 12.5 Å². The maximum Gasteiger partial charge on any atom is 0.254 e. The van der Waals surface area contributed by atoms with Crippen molar-refractivity contribution in [3.63, 3.8) is 0 Å². The Hall–Kier alpha value is -1.79. The van der Waals surface area contributed by atoms with Gasteiger partial charge in [0.25, 0.3) is 5.91 Å². The van der Waals surface area contributed by atoms with Crippen LogP contribution in [-0.4, -0.2) is 28.8 Å². The first-order valence-corrected chi connectivity index (χ1v) is 6.92. The van der Waals surface area contributed by atoms with Crippen LogP contribution in [0.1, 0.15) is 22.0 Å². The van der Waals surface area contributed by atoms with Crippen LogP contribution in [0.25, 0.3) is 0 Å². The van der Waals surface area contributed by atoms with Crippen LogP contribution in [0.4, 0.5) is 0 Å². The molecule has 5 nitrogen and oxygen atoms in total. The van der Waals surface area contributed by atoms with Gasteiger partial charge in [-0.05, 0) is 24.5 Å². The molecule has 2 rings (SSSR count). The molecule has 0 radical (unpaired) electrons. The molecule has 0 spiro atoms. The minimum Gasteiger partial charge on any atom is -0.472 e. The van der Waals surface area contributed by atoms with Gasteiger partial charge < -0.3 is 14.8 Å². The lowest BCUT2D eigenvalue weighted by Gasteiger charge is -2.11. The second-order valence-electron chi connectivity index (χ2n) is 3.84. The minimum atomic E-state index is -0.780. The van der Waals surface area contributed by atoms with Crippen LogP contribution >= 0.6 is 11.8 Å². The highest BCUT2D eigenvalue weighted by molar-refractivity contribution is 7.98. The SMILES string of the molecule is CSc1ncccc1C(=O)NC[C@H](O)c1ccoc1. The number of thioether (sulfide) groups is 1. The van der Waals surface area contributed by atoms with E-state index in [1.807, 2.05) is 6.26 Å². The first-order valence-electron chi connectivity index (χ1n) is 5.69. The lowest BCUT2D eigenvalue weighted by atomic mass is 10.2. The van der Waals surface area contributed by atoms with Gasteiger partial charge in [0, 0.05) is 18.3 Å². The first kappa shape index (κ1) is 13.6. The number of aliphatic hydroxyl groups excluding tert-OH is 1. The Labute approximate surface area is 115 Å². The molecule has 1 atom stereocenters. The van der Waals surface area contributed by atoms with Gasteiger partial charge in [-0.3, -0.25) is 4.79 Å². The zero-order valence-corrected chi connectivity index (χ0v) is 11.2. The largest absolute Gasteiger partial charge is 0.472 e. The van der Waals surface area contributed by atoms with E-state index in [0.717, 1.165) is 0 Å². The van der Waals surface area contributed by atoms with Crippen molar-refractivity contribution in [2.45, 2.75) is 11.1 Å². The van der Waals surface area contributed by atoms with Crippen molar-refractivity contribution in [1.82, 2.24) is 10.3 Å². The third kappa shape index (κ3) is 3.36. The summed E-state index contributed by atoms with van der Waals surface area (Å²) in [6.07, 6.45) is 5.65. The quantitative estimate of drug-likeness (QED) is 0.816. The number of pyridine rings is 1. The summed E-state index contributed by atoms with van der Waals surface area (Å²) in [4.78, 5) is 16.1. The molecule has 19 heavy (non-hydrogen) atoms. The zero-order valence-electron chi connectivity index (χ0n) is 10.4. The molecular formula is C13H14N2O3S. The molecule has 0 saturated heterocycles. The number of carbonyl (C=O) groups excluding carboxylic acids is 1. The molecule has 0 aromatic carbocycles. The molecule has 2 heterocycles. The van der Waals surface area contributed by atoms with Gasteiger partial charge in [0.15, 0.2) is 0 Å². The number of hydrogen-bond donors (Lipinski definition) is 2. The zero-order chi connectivity index (χ0) is 13.7. The number of hydrogen-bond acceptors (Lipinski definition) is 5. The van der Waals surface area contributed by atoms with E-state index in [9.17, 15) is 9.90 Å². The fraction of sp³-hybridized carbons (Fsp3) is 0.231. The molecule has 0 aliphatic carbocycles. The van der Waals surface area contributed by atoms with Crippen LogP contribution in [-0.2, 0) is 0 Å². The van der Waals surface area contributed by atoms with Gasteiger partial charge in [0.05, 0.1) is 24.2 Å². The average molecular weight is 278 g/mol. The maximum atomic E-state index is 12.0. The number of carbonyl (C=O) groups is 1. The Bertz CT molecular complexity index is 543. The van der Waals surface area contributed by atoms with Crippen molar-refractivity contribution in [3.8, 4) is 0 Å². The van der Waals surface area contributed by atoms with Gasteiger partial charge in [-0.25, -0.2) is 4.98 Å². The van der Waals surface area contributed by atoms with E-state index >= 15 is 0 Å². The van der Waals surface area contributed by atoms with E-state index in [4.69, 9.17) is 4.42 Å². The molecule has 0 aliphatic heterocycles. The standard InChI is InChI=1S/C13H14N2O3S/c1-19-13-10(3-2-5-14-13)12(17)15-7-11(16)9-4-6-18-8-9/h2-6,8,11,16H,7H2,1H3,(H,15,17)/t11-/m0/s1. The summed E-state index contributed by atoms with van der Waals surface area (Å²) >= 11 is 1.41. The first-order chi connectivity index (χ1) is 9.22. The summed E-state index contributed by atoms with van der Waals surface area (Å²) < 4.78 is 4.88. The Morgan fingerprint density at radius 1 is 1.58 bits per heavy atom. The fourth-order valence-electron chi connectivity index (χ4n) is 1.59. The van der Waals surface area contributed by atoms with Crippen molar-refractivity contribution < 1.29 is 14.3 Å². The highest BCUT2D eigenvalue weighted by Crippen LogP contribution is 2.17. The second-order valence-corrected chi connectivity index (χ2v) is 4.64. The molecule has 2 aromatic rings. The van der Waals surface area contributed by atoms with Crippen LogP contribution < -0.4 is 5.32 Å². The molecule has 0 fully saturated rings. The summed E-state index contributed by atoms with van der Waals surface area (Å²) in [6, 6.07) is 5.08. The molecule has 0 saturated carbocycles. The van der Waals surface area contributed by atoms with Crippen LogP contribution in [0.5, 0.6) is 0 Å². The van der Waals surface area contributed by atoms with Crippen LogP contribution in [0.15, 0.2) is 46.4 Å². The molecular weight excluding hydrogens is 264 g/mol. The van der Waals surface area contributed by atoms with E-state index in [2.05, 4.69) is 10.3 Å². The molecule has 1 amide bonds. The third-order valence-corrected chi connectivity index (χ3v) is 3.31. The predicted molar refractivity (Wildman–Crippen MR) is 72.0 cm³/mol. The molecule has 2 N–H and O–H groups in total. The van der Waals surface area contributed by atoms with Crippen molar-refractivity contribution in [3.05, 3.63) is 48.0 Å². The van der Waals surface area contributed by atoms with Crippen molar-refractivity contribution in [2.24, 2.45) is 0 Å². The number of aromatic nitrogens is 1. The Morgan fingerprint density at radius 2 is 2.42 bits per heavy atom.